The lowest BCUT2D eigenvalue weighted by Gasteiger charge is -2.13. The first kappa shape index (κ1) is 19.9. The van der Waals surface area contributed by atoms with Crippen molar-refractivity contribution < 1.29 is 14.4 Å². The number of pyridine rings is 2. The van der Waals surface area contributed by atoms with Gasteiger partial charge in [0, 0.05) is 17.8 Å². The molecule has 1 amide bonds. The summed E-state index contributed by atoms with van der Waals surface area (Å²) in [5.74, 6) is 0.129. The van der Waals surface area contributed by atoms with Crippen molar-refractivity contribution in [1.82, 2.24) is 9.97 Å². The lowest BCUT2D eigenvalue weighted by molar-refractivity contribution is 0.102. The molecule has 0 unspecified atom stereocenters. The molecule has 144 valence electrons. The second-order valence-corrected chi connectivity index (χ2v) is 6.52. The lowest BCUT2D eigenvalue weighted by atomic mass is 10.1. The van der Waals surface area contributed by atoms with E-state index in [4.69, 9.17) is 32.8 Å². The largest absolute Gasteiger partial charge is 0.494 e. The number of nitrogens with one attached hydrogen (secondary N) is 1. The molecule has 0 saturated heterocycles. The molecule has 0 radical (unpaired) electrons. The number of benzene rings is 1. The summed E-state index contributed by atoms with van der Waals surface area (Å²) in [4.78, 5) is 26.4. The molecule has 2 heterocycles. The Morgan fingerprint density at radius 1 is 1.18 bits per heavy atom. The maximum atomic E-state index is 13.0. The molecule has 0 saturated carbocycles. The molecule has 7 nitrogen and oxygen atoms in total. The summed E-state index contributed by atoms with van der Waals surface area (Å²) in [6.45, 7) is 1.69. The number of hydrogen-bond acceptors (Lipinski definition) is 6. The third-order valence-electron chi connectivity index (χ3n) is 3.94. The van der Waals surface area contributed by atoms with Gasteiger partial charge >= 0.3 is 0 Å². The second-order valence-electron chi connectivity index (χ2n) is 5.71. The molecule has 0 aliphatic heterocycles. The molecule has 3 aromatic rings. The number of aromatic nitrogens is 2. The van der Waals surface area contributed by atoms with Crippen LogP contribution in [0.4, 0.5) is 5.69 Å². The average Bonchev–Trinajstić information content (AvgIpc) is 2.69. The number of ether oxygens (including phenoxy) is 1. The van der Waals surface area contributed by atoms with Crippen molar-refractivity contribution in [1.29, 1.82) is 0 Å². The monoisotopic (exact) mass is 418 g/mol. The van der Waals surface area contributed by atoms with E-state index >= 15 is 0 Å². The van der Waals surface area contributed by atoms with Crippen LogP contribution >= 0.6 is 23.2 Å². The molecule has 0 fully saturated rings. The Labute approximate surface area is 171 Å². The standard InChI is InChI=1S/C19H16Cl2N4O3/c1-10(25-28-3)16-12(7-11-5-4-6-15(27-2)17(11)23-16)19(26)24-18-13(20)8-22-9-14(18)21/h4-9H,1-3H3,(H,22,24,26)/b25-10+. The van der Waals surface area contributed by atoms with E-state index in [1.807, 2.05) is 12.1 Å². The minimum Gasteiger partial charge on any atom is -0.494 e. The van der Waals surface area contributed by atoms with Crippen LogP contribution in [-0.2, 0) is 4.84 Å². The van der Waals surface area contributed by atoms with Crippen molar-refractivity contribution in [2.24, 2.45) is 5.16 Å². The normalized spacial score (nSPS) is 11.4. The van der Waals surface area contributed by atoms with Crippen LogP contribution in [0.2, 0.25) is 10.0 Å². The van der Waals surface area contributed by atoms with Crippen LogP contribution in [0.5, 0.6) is 5.75 Å². The van der Waals surface area contributed by atoms with Gasteiger partial charge < -0.3 is 14.9 Å². The van der Waals surface area contributed by atoms with Crippen molar-refractivity contribution in [2.45, 2.75) is 6.92 Å². The third kappa shape index (κ3) is 3.85. The number of oxime groups is 1. The fourth-order valence-electron chi connectivity index (χ4n) is 2.68. The molecule has 0 atom stereocenters. The summed E-state index contributed by atoms with van der Waals surface area (Å²) in [6, 6.07) is 7.14. The van der Waals surface area contributed by atoms with Gasteiger partial charge in [-0.3, -0.25) is 9.78 Å². The van der Waals surface area contributed by atoms with Crippen LogP contribution in [0.3, 0.4) is 0 Å². The van der Waals surface area contributed by atoms with E-state index in [1.54, 1.807) is 26.2 Å². The highest BCUT2D eigenvalue weighted by Crippen LogP contribution is 2.30. The minimum absolute atomic E-state index is 0.222. The van der Waals surface area contributed by atoms with E-state index in [0.717, 1.165) is 5.39 Å². The van der Waals surface area contributed by atoms with Gasteiger partial charge in [0.2, 0.25) is 0 Å². The second kappa shape index (κ2) is 8.41. The Balaban J connectivity index is 2.16. The predicted octanol–water partition coefficient (Wildman–Crippen LogP) is 4.57. The van der Waals surface area contributed by atoms with E-state index in [-0.39, 0.29) is 21.3 Å². The first-order chi connectivity index (χ1) is 13.5. The summed E-state index contributed by atoms with van der Waals surface area (Å²) in [5.41, 5.74) is 1.91. The zero-order chi connectivity index (χ0) is 20.3. The highest BCUT2D eigenvalue weighted by molar-refractivity contribution is 6.39. The molecule has 0 spiro atoms. The predicted molar refractivity (Wildman–Crippen MR) is 110 cm³/mol. The van der Waals surface area contributed by atoms with Gasteiger partial charge in [-0.1, -0.05) is 40.5 Å². The zero-order valence-corrected chi connectivity index (χ0v) is 16.8. The Morgan fingerprint density at radius 2 is 1.89 bits per heavy atom. The summed E-state index contributed by atoms with van der Waals surface area (Å²) in [7, 11) is 2.97. The summed E-state index contributed by atoms with van der Waals surface area (Å²) in [5, 5.41) is 7.80. The number of para-hydroxylation sites is 1. The maximum absolute atomic E-state index is 13.0. The highest BCUT2D eigenvalue weighted by atomic mass is 35.5. The van der Waals surface area contributed by atoms with Crippen molar-refractivity contribution in [3.63, 3.8) is 0 Å². The van der Waals surface area contributed by atoms with Crippen molar-refractivity contribution in [2.75, 3.05) is 19.5 Å². The first-order valence-corrected chi connectivity index (χ1v) is 8.88. The maximum Gasteiger partial charge on any atom is 0.258 e. The number of fused-ring (bicyclic) bond motifs is 1. The summed E-state index contributed by atoms with van der Waals surface area (Å²) < 4.78 is 5.37. The third-order valence-corrected chi connectivity index (χ3v) is 4.51. The topological polar surface area (TPSA) is 85.7 Å². The van der Waals surface area contributed by atoms with Gasteiger partial charge in [-0.15, -0.1) is 0 Å². The van der Waals surface area contributed by atoms with Gasteiger partial charge in [-0.25, -0.2) is 4.98 Å². The van der Waals surface area contributed by atoms with Gasteiger partial charge in [0.25, 0.3) is 5.91 Å². The van der Waals surface area contributed by atoms with Gasteiger partial charge in [0.15, 0.2) is 0 Å². The van der Waals surface area contributed by atoms with Crippen molar-refractivity contribution in [3.8, 4) is 5.75 Å². The average molecular weight is 419 g/mol. The number of anilines is 1. The van der Waals surface area contributed by atoms with Gasteiger partial charge in [-0.05, 0) is 19.1 Å². The van der Waals surface area contributed by atoms with Gasteiger partial charge in [0.05, 0.1) is 28.4 Å². The summed E-state index contributed by atoms with van der Waals surface area (Å²) >= 11 is 12.2. The van der Waals surface area contributed by atoms with E-state index in [9.17, 15) is 4.79 Å². The van der Waals surface area contributed by atoms with Crippen LogP contribution in [0, 0.1) is 0 Å². The van der Waals surface area contributed by atoms with E-state index in [1.165, 1.54) is 19.5 Å². The highest BCUT2D eigenvalue weighted by Gasteiger charge is 2.20. The fourth-order valence-corrected chi connectivity index (χ4v) is 3.14. The number of hydrogen-bond donors (Lipinski definition) is 1. The number of carbonyl (C=O) groups is 1. The Bertz CT molecular complexity index is 1070. The van der Waals surface area contributed by atoms with Crippen molar-refractivity contribution in [3.05, 3.63) is 58.0 Å². The number of nitrogens with zero attached hydrogens (tertiary/aromatic N) is 3. The Morgan fingerprint density at radius 3 is 2.54 bits per heavy atom. The van der Waals surface area contributed by atoms with Crippen LogP contribution in [0.15, 0.2) is 41.8 Å². The number of halogens is 2. The number of amides is 1. The van der Waals surface area contributed by atoms with E-state index in [2.05, 4.69) is 20.4 Å². The number of rotatable bonds is 5. The van der Waals surface area contributed by atoms with Crippen LogP contribution in [-0.4, -0.2) is 35.8 Å². The number of methoxy groups -OCH3 is 1. The first-order valence-electron chi connectivity index (χ1n) is 8.12. The SMILES string of the molecule is CO/N=C(\C)c1nc2c(OC)cccc2cc1C(=O)Nc1c(Cl)cncc1Cl. The van der Waals surface area contributed by atoms with E-state index < -0.39 is 5.91 Å². The van der Waals surface area contributed by atoms with Crippen LogP contribution in [0.25, 0.3) is 10.9 Å². The molecule has 1 N–H and O–H groups in total. The molecule has 2 aromatic heterocycles. The Kier molecular flexibility index (Phi) is 5.96. The number of carbonyl (C=O) groups excluding carboxylic acids is 1. The molecule has 28 heavy (non-hydrogen) atoms. The van der Waals surface area contributed by atoms with Crippen LogP contribution in [0.1, 0.15) is 23.0 Å². The van der Waals surface area contributed by atoms with Gasteiger partial charge in [-0.2, -0.15) is 0 Å². The molecule has 0 aliphatic carbocycles. The quantitative estimate of drug-likeness (QED) is 0.484. The van der Waals surface area contributed by atoms with E-state index in [0.29, 0.717) is 22.7 Å². The lowest BCUT2D eigenvalue weighted by Crippen LogP contribution is -2.18. The molecule has 0 bridgehead atoms. The zero-order valence-electron chi connectivity index (χ0n) is 15.3. The molecule has 3 rings (SSSR count). The molecular weight excluding hydrogens is 403 g/mol. The minimum atomic E-state index is -0.451. The molecule has 9 heteroatoms. The van der Waals surface area contributed by atoms with Gasteiger partial charge in [0.1, 0.15) is 29.8 Å². The molecule has 1 aromatic carbocycles. The fraction of sp³-hybridized carbons (Fsp3) is 0.158. The Hall–Kier alpha value is -2.90. The van der Waals surface area contributed by atoms with Crippen molar-refractivity contribution >= 4 is 51.4 Å². The molecular formula is C19H16Cl2N4O3. The summed E-state index contributed by atoms with van der Waals surface area (Å²) in [6.07, 6.45) is 2.79. The smallest absolute Gasteiger partial charge is 0.258 e. The molecule has 0 aliphatic rings. The van der Waals surface area contributed by atoms with Crippen LogP contribution < -0.4 is 10.1 Å².